The molecule has 0 fully saturated rings. The predicted molar refractivity (Wildman–Crippen MR) is 69.4 cm³/mol. The zero-order chi connectivity index (χ0) is 13.8. The van der Waals surface area contributed by atoms with Gasteiger partial charge in [-0.15, -0.1) is 0 Å². The van der Waals surface area contributed by atoms with E-state index in [4.69, 9.17) is 0 Å². The van der Waals surface area contributed by atoms with Crippen molar-refractivity contribution in [2.24, 2.45) is 0 Å². The van der Waals surface area contributed by atoms with Gasteiger partial charge in [0.15, 0.2) is 0 Å². The number of aliphatic hydroxyl groups is 1. The minimum Gasteiger partial charge on any atom is -0.389 e. The van der Waals surface area contributed by atoms with Crippen LogP contribution in [0.15, 0.2) is 30.3 Å². The Morgan fingerprint density at radius 2 is 2.06 bits per heavy atom. The first-order valence-electron chi connectivity index (χ1n) is 5.70. The number of nitrogens with zero attached hydrogens (tertiary/aromatic N) is 1. The SMILES string of the molecule is CN(CC(C)(C)O)C(=O)C=Cc1ccccc1F. The van der Waals surface area contributed by atoms with Gasteiger partial charge in [0.05, 0.1) is 5.60 Å². The van der Waals surface area contributed by atoms with E-state index in [1.807, 2.05) is 0 Å². The molecule has 0 saturated heterocycles. The summed E-state index contributed by atoms with van der Waals surface area (Å²) < 4.78 is 13.3. The Kier molecular flexibility index (Phi) is 4.62. The van der Waals surface area contributed by atoms with Gasteiger partial charge in [-0.1, -0.05) is 18.2 Å². The van der Waals surface area contributed by atoms with E-state index in [0.29, 0.717) is 5.56 Å². The second-order valence-corrected chi connectivity index (χ2v) is 4.86. The van der Waals surface area contributed by atoms with Gasteiger partial charge in [-0.25, -0.2) is 4.39 Å². The second-order valence-electron chi connectivity index (χ2n) is 4.86. The molecule has 18 heavy (non-hydrogen) atoms. The van der Waals surface area contributed by atoms with E-state index in [1.165, 1.54) is 23.1 Å². The van der Waals surface area contributed by atoms with Gasteiger partial charge >= 0.3 is 0 Å². The lowest BCUT2D eigenvalue weighted by molar-refractivity contribution is -0.127. The highest BCUT2D eigenvalue weighted by atomic mass is 19.1. The van der Waals surface area contributed by atoms with E-state index in [2.05, 4.69) is 0 Å². The van der Waals surface area contributed by atoms with Gasteiger partial charge in [0.1, 0.15) is 5.82 Å². The van der Waals surface area contributed by atoms with Crippen LogP contribution in [0.1, 0.15) is 19.4 Å². The van der Waals surface area contributed by atoms with Crippen molar-refractivity contribution in [3.05, 3.63) is 41.7 Å². The van der Waals surface area contributed by atoms with Crippen molar-refractivity contribution < 1.29 is 14.3 Å². The van der Waals surface area contributed by atoms with Crippen molar-refractivity contribution in [3.8, 4) is 0 Å². The van der Waals surface area contributed by atoms with Crippen molar-refractivity contribution in [2.45, 2.75) is 19.4 Å². The first kappa shape index (κ1) is 14.4. The smallest absolute Gasteiger partial charge is 0.246 e. The molecular formula is C14H18FNO2. The van der Waals surface area contributed by atoms with Crippen molar-refractivity contribution in [1.82, 2.24) is 4.90 Å². The lowest BCUT2D eigenvalue weighted by Gasteiger charge is -2.24. The summed E-state index contributed by atoms with van der Waals surface area (Å²) in [5.74, 6) is -0.646. The largest absolute Gasteiger partial charge is 0.389 e. The summed E-state index contributed by atoms with van der Waals surface area (Å²) in [6.07, 6.45) is 2.72. The summed E-state index contributed by atoms with van der Waals surface area (Å²) in [6.45, 7) is 3.46. The van der Waals surface area contributed by atoms with Crippen LogP contribution in [0.2, 0.25) is 0 Å². The Labute approximate surface area is 107 Å². The van der Waals surface area contributed by atoms with Crippen LogP contribution in [0.25, 0.3) is 6.08 Å². The summed E-state index contributed by atoms with van der Waals surface area (Å²) in [4.78, 5) is 13.1. The second kappa shape index (κ2) is 5.78. The Hall–Kier alpha value is -1.68. The van der Waals surface area contributed by atoms with Gasteiger partial charge in [-0.05, 0) is 26.0 Å². The third kappa shape index (κ3) is 4.67. The molecule has 0 atom stereocenters. The molecule has 1 amide bonds. The highest BCUT2D eigenvalue weighted by Crippen LogP contribution is 2.09. The fourth-order valence-electron chi connectivity index (χ4n) is 1.56. The molecule has 0 aliphatic heterocycles. The summed E-state index contributed by atoms with van der Waals surface area (Å²) >= 11 is 0. The molecule has 0 aliphatic carbocycles. The van der Waals surface area contributed by atoms with E-state index in [1.54, 1.807) is 39.1 Å². The van der Waals surface area contributed by atoms with Crippen LogP contribution in [0.4, 0.5) is 4.39 Å². The summed E-state index contributed by atoms with van der Waals surface area (Å²) in [7, 11) is 1.59. The zero-order valence-corrected chi connectivity index (χ0v) is 10.9. The summed E-state index contributed by atoms with van der Waals surface area (Å²) in [6, 6.07) is 6.22. The lowest BCUT2D eigenvalue weighted by Crippen LogP contribution is -2.38. The zero-order valence-electron chi connectivity index (χ0n) is 10.9. The van der Waals surface area contributed by atoms with Crippen LogP contribution < -0.4 is 0 Å². The lowest BCUT2D eigenvalue weighted by atomic mass is 10.1. The van der Waals surface area contributed by atoms with Crippen LogP contribution in [0.5, 0.6) is 0 Å². The molecule has 1 aromatic rings. The quantitative estimate of drug-likeness (QED) is 0.832. The molecule has 0 spiro atoms. The van der Waals surface area contributed by atoms with Crippen LogP contribution in [0.3, 0.4) is 0 Å². The standard InChI is InChI=1S/C14H18FNO2/c1-14(2,18)10-16(3)13(17)9-8-11-6-4-5-7-12(11)15/h4-9,18H,10H2,1-3H3. The minimum atomic E-state index is -0.948. The molecule has 0 aromatic heterocycles. The molecule has 0 heterocycles. The Bertz CT molecular complexity index is 449. The molecular weight excluding hydrogens is 233 g/mol. The molecule has 98 valence electrons. The van der Waals surface area contributed by atoms with Gasteiger partial charge < -0.3 is 10.0 Å². The fourth-order valence-corrected chi connectivity index (χ4v) is 1.56. The third-order valence-corrected chi connectivity index (χ3v) is 2.31. The number of hydrogen-bond donors (Lipinski definition) is 1. The molecule has 0 bridgehead atoms. The number of carbonyl (C=O) groups is 1. The average Bonchev–Trinajstić information content (AvgIpc) is 2.25. The van der Waals surface area contributed by atoms with Gasteiger partial charge in [-0.3, -0.25) is 4.79 Å². The first-order valence-corrected chi connectivity index (χ1v) is 5.70. The maximum Gasteiger partial charge on any atom is 0.246 e. The number of hydrogen-bond acceptors (Lipinski definition) is 2. The fraction of sp³-hybridized carbons (Fsp3) is 0.357. The molecule has 0 saturated carbocycles. The van der Waals surface area contributed by atoms with Gasteiger partial charge in [0, 0.05) is 25.2 Å². The molecule has 4 heteroatoms. The van der Waals surface area contributed by atoms with E-state index >= 15 is 0 Å². The Morgan fingerprint density at radius 3 is 2.61 bits per heavy atom. The number of amides is 1. The van der Waals surface area contributed by atoms with Crippen LogP contribution >= 0.6 is 0 Å². The minimum absolute atomic E-state index is 0.216. The highest BCUT2D eigenvalue weighted by Gasteiger charge is 2.17. The summed E-state index contributed by atoms with van der Waals surface area (Å²) in [5.41, 5.74) is -0.585. The van der Waals surface area contributed by atoms with Crippen LogP contribution in [-0.2, 0) is 4.79 Å². The van der Waals surface area contributed by atoms with Crippen molar-refractivity contribution >= 4 is 12.0 Å². The molecule has 0 unspecified atom stereocenters. The molecule has 0 aliphatic rings. The van der Waals surface area contributed by atoms with Crippen LogP contribution in [0, 0.1) is 5.82 Å². The van der Waals surface area contributed by atoms with E-state index < -0.39 is 5.60 Å². The predicted octanol–water partition coefficient (Wildman–Crippen LogP) is 2.07. The maximum atomic E-state index is 13.3. The third-order valence-electron chi connectivity index (χ3n) is 2.31. The first-order chi connectivity index (χ1) is 8.29. The maximum absolute atomic E-state index is 13.3. The van der Waals surface area contributed by atoms with Gasteiger partial charge in [-0.2, -0.15) is 0 Å². The monoisotopic (exact) mass is 251 g/mol. The van der Waals surface area contributed by atoms with Crippen molar-refractivity contribution in [2.75, 3.05) is 13.6 Å². The Morgan fingerprint density at radius 1 is 1.44 bits per heavy atom. The van der Waals surface area contributed by atoms with E-state index in [0.717, 1.165) is 0 Å². The molecule has 3 nitrogen and oxygen atoms in total. The summed E-state index contributed by atoms with van der Waals surface area (Å²) in [5, 5.41) is 9.59. The van der Waals surface area contributed by atoms with Gasteiger partial charge in [0.25, 0.3) is 0 Å². The topological polar surface area (TPSA) is 40.5 Å². The van der Waals surface area contributed by atoms with Crippen molar-refractivity contribution in [1.29, 1.82) is 0 Å². The number of halogens is 1. The normalized spacial score (nSPS) is 11.8. The van der Waals surface area contributed by atoms with Gasteiger partial charge in [0.2, 0.25) is 5.91 Å². The molecule has 1 N–H and O–H groups in total. The number of carbonyl (C=O) groups excluding carboxylic acids is 1. The molecule has 0 radical (unpaired) electrons. The van der Waals surface area contributed by atoms with Crippen molar-refractivity contribution in [3.63, 3.8) is 0 Å². The Balaban J connectivity index is 2.68. The van der Waals surface area contributed by atoms with Crippen LogP contribution in [-0.4, -0.2) is 35.1 Å². The number of benzene rings is 1. The number of likely N-dealkylation sites (N-methyl/N-ethyl adjacent to an activating group) is 1. The van der Waals surface area contributed by atoms with E-state index in [9.17, 15) is 14.3 Å². The highest BCUT2D eigenvalue weighted by molar-refractivity contribution is 5.91. The average molecular weight is 251 g/mol. The van der Waals surface area contributed by atoms with E-state index in [-0.39, 0.29) is 18.3 Å². The number of rotatable bonds is 4. The molecule has 1 rings (SSSR count). The molecule has 1 aromatic carbocycles.